The van der Waals surface area contributed by atoms with E-state index in [4.69, 9.17) is 5.73 Å². The van der Waals surface area contributed by atoms with Crippen LogP contribution in [0.4, 0.5) is 0 Å². The molecule has 0 aliphatic carbocycles. The second-order valence-corrected chi connectivity index (χ2v) is 5.64. The number of hydrogen-bond donors (Lipinski definition) is 1. The zero-order valence-corrected chi connectivity index (χ0v) is 13.1. The van der Waals surface area contributed by atoms with Gasteiger partial charge in [0.15, 0.2) is 0 Å². The molecule has 2 heteroatoms. The maximum atomic E-state index is 6.33. The first-order valence-electron chi connectivity index (χ1n) is 7.32. The molecule has 4 rings (SSSR count). The van der Waals surface area contributed by atoms with E-state index in [0.29, 0.717) is 0 Å². The van der Waals surface area contributed by atoms with Crippen molar-refractivity contribution in [2.24, 2.45) is 5.73 Å². The fourth-order valence-corrected chi connectivity index (χ4v) is 3.39. The Morgan fingerprint density at radius 3 is 2.14 bits per heavy atom. The zero-order valence-electron chi connectivity index (χ0n) is 12.3. The van der Waals surface area contributed by atoms with E-state index in [1.165, 1.54) is 37.9 Å². The van der Waals surface area contributed by atoms with E-state index in [-0.39, 0.29) is 18.4 Å². The lowest BCUT2D eigenvalue weighted by Gasteiger charge is -2.17. The van der Waals surface area contributed by atoms with Gasteiger partial charge in [-0.1, -0.05) is 60.7 Å². The van der Waals surface area contributed by atoms with Crippen molar-refractivity contribution in [1.82, 2.24) is 0 Å². The third kappa shape index (κ3) is 2.06. The van der Waals surface area contributed by atoms with E-state index in [0.717, 1.165) is 6.42 Å². The molecule has 4 aromatic rings. The minimum absolute atomic E-state index is 0. The first-order valence-corrected chi connectivity index (χ1v) is 7.32. The molecule has 0 saturated carbocycles. The van der Waals surface area contributed by atoms with Gasteiger partial charge >= 0.3 is 0 Å². The molecule has 0 aliphatic rings. The van der Waals surface area contributed by atoms with Gasteiger partial charge in [-0.05, 0) is 44.3 Å². The molecule has 0 fully saturated rings. The molecular weight excluding hydrogens is 290 g/mol. The molecule has 0 amide bonds. The van der Waals surface area contributed by atoms with Crippen molar-refractivity contribution in [3.63, 3.8) is 0 Å². The van der Waals surface area contributed by atoms with Crippen molar-refractivity contribution in [3.05, 3.63) is 72.8 Å². The highest BCUT2D eigenvalue weighted by molar-refractivity contribution is 6.23. The van der Waals surface area contributed by atoms with Gasteiger partial charge in [-0.2, -0.15) is 0 Å². The zero-order chi connectivity index (χ0) is 14.4. The highest BCUT2D eigenvalue weighted by atomic mass is 35.5. The molecule has 1 nitrogen and oxygen atoms in total. The summed E-state index contributed by atoms with van der Waals surface area (Å²) in [6.07, 6.45) is 2.69. The van der Waals surface area contributed by atoms with Crippen LogP contribution in [0.2, 0.25) is 0 Å². The SMILES string of the molecule is C=CC[C@@H](N)c1ccc2ccc3cccc4ccc1c2c34.Cl. The van der Waals surface area contributed by atoms with E-state index in [9.17, 15) is 0 Å². The van der Waals surface area contributed by atoms with E-state index in [2.05, 4.69) is 61.2 Å². The predicted octanol–water partition coefficient (Wildman–Crippen LogP) is 5.58. The molecule has 1 atom stereocenters. The van der Waals surface area contributed by atoms with Crippen LogP contribution in [0.15, 0.2) is 67.3 Å². The number of rotatable bonds is 3. The molecule has 22 heavy (non-hydrogen) atoms. The van der Waals surface area contributed by atoms with Gasteiger partial charge in [0.25, 0.3) is 0 Å². The second kappa shape index (κ2) is 5.60. The van der Waals surface area contributed by atoms with E-state index < -0.39 is 0 Å². The van der Waals surface area contributed by atoms with Crippen molar-refractivity contribution in [2.75, 3.05) is 0 Å². The van der Waals surface area contributed by atoms with Crippen LogP contribution < -0.4 is 5.73 Å². The third-order valence-corrected chi connectivity index (χ3v) is 4.38. The minimum atomic E-state index is 0. The monoisotopic (exact) mass is 307 g/mol. The van der Waals surface area contributed by atoms with Gasteiger partial charge < -0.3 is 5.73 Å². The second-order valence-electron chi connectivity index (χ2n) is 5.64. The first kappa shape index (κ1) is 14.8. The Bertz CT molecular complexity index is 942. The maximum Gasteiger partial charge on any atom is 0.0335 e. The molecule has 0 radical (unpaired) electrons. The summed E-state index contributed by atoms with van der Waals surface area (Å²) in [6, 6.07) is 19.6. The Balaban J connectivity index is 0.00000144. The average molecular weight is 308 g/mol. The highest BCUT2D eigenvalue weighted by Gasteiger charge is 2.13. The molecule has 0 bridgehead atoms. The lowest BCUT2D eigenvalue weighted by Crippen LogP contribution is -2.09. The molecule has 0 heterocycles. The van der Waals surface area contributed by atoms with Crippen molar-refractivity contribution >= 4 is 44.7 Å². The Labute approximate surface area is 136 Å². The molecule has 0 aromatic heterocycles. The summed E-state index contributed by atoms with van der Waals surface area (Å²) in [4.78, 5) is 0. The van der Waals surface area contributed by atoms with Gasteiger partial charge in [-0.3, -0.25) is 0 Å². The van der Waals surface area contributed by atoms with Crippen LogP contribution >= 0.6 is 12.4 Å². The van der Waals surface area contributed by atoms with Gasteiger partial charge in [0, 0.05) is 6.04 Å². The number of halogens is 1. The van der Waals surface area contributed by atoms with Gasteiger partial charge in [-0.25, -0.2) is 0 Å². The molecule has 4 aromatic carbocycles. The lowest BCUT2D eigenvalue weighted by molar-refractivity contribution is 0.749. The Kier molecular flexibility index (Phi) is 3.78. The van der Waals surface area contributed by atoms with E-state index in [1.807, 2.05) is 6.08 Å². The molecule has 0 spiro atoms. The fraction of sp³-hybridized carbons (Fsp3) is 0.100. The molecule has 0 aliphatic heterocycles. The molecular formula is C20H18ClN. The van der Waals surface area contributed by atoms with Gasteiger partial charge in [0.05, 0.1) is 0 Å². The highest BCUT2D eigenvalue weighted by Crippen LogP contribution is 2.37. The van der Waals surface area contributed by atoms with Crippen LogP contribution in [-0.2, 0) is 0 Å². The van der Waals surface area contributed by atoms with Crippen molar-refractivity contribution in [1.29, 1.82) is 0 Å². The Morgan fingerprint density at radius 2 is 1.45 bits per heavy atom. The van der Waals surface area contributed by atoms with Crippen LogP contribution in [0.5, 0.6) is 0 Å². The van der Waals surface area contributed by atoms with Crippen LogP contribution in [-0.4, -0.2) is 0 Å². The first-order chi connectivity index (χ1) is 10.3. The summed E-state index contributed by atoms with van der Waals surface area (Å²) >= 11 is 0. The van der Waals surface area contributed by atoms with Crippen molar-refractivity contribution in [2.45, 2.75) is 12.5 Å². The van der Waals surface area contributed by atoms with Crippen LogP contribution in [0, 0.1) is 0 Å². The minimum Gasteiger partial charge on any atom is -0.324 e. The van der Waals surface area contributed by atoms with E-state index >= 15 is 0 Å². The van der Waals surface area contributed by atoms with Crippen LogP contribution in [0.3, 0.4) is 0 Å². The summed E-state index contributed by atoms with van der Waals surface area (Å²) in [6.45, 7) is 3.81. The van der Waals surface area contributed by atoms with Gasteiger partial charge in [0.1, 0.15) is 0 Å². The number of hydrogen-bond acceptors (Lipinski definition) is 1. The lowest BCUT2D eigenvalue weighted by atomic mass is 9.89. The van der Waals surface area contributed by atoms with Gasteiger partial charge in [-0.15, -0.1) is 19.0 Å². The maximum absolute atomic E-state index is 6.33. The van der Waals surface area contributed by atoms with E-state index in [1.54, 1.807) is 0 Å². The summed E-state index contributed by atoms with van der Waals surface area (Å²) in [5, 5.41) is 7.82. The largest absolute Gasteiger partial charge is 0.324 e. The van der Waals surface area contributed by atoms with Crippen molar-refractivity contribution < 1.29 is 0 Å². The summed E-state index contributed by atoms with van der Waals surface area (Å²) in [5.41, 5.74) is 7.54. The fourth-order valence-electron chi connectivity index (χ4n) is 3.39. The number of nitrogens with two attached hydrogens (primary N) is 1. The van der Waals surface area contributed by atoms with Crippen LogP contribution in [0.25, 0.3) is 32.3 Å². The normalized spacial score (nSPS) is 12.6. The summed E-state index contributed by atoms with van der Waals surface area (Å²) < 4.78 is 0. The number of benzene rings is 4. The Morgan fingerprint density at radius 1 is 0.864 bits per heavy atom. The smallest absolute Gasteiger partial charge is 0.0335 e. The summed E-state index contributed by atoms with van der Waals surface area (Å²) in [5.74, 6) is 0. The quantitative estimate of drug-likeness (QED) is 0.388. The van der Waals surface area contributed by atoms with Gasteiger partial charge in [0.2, 0.25) is 0 Å². The standard InChI is InChI=1S/C20H17N.ClH/c1-2-4-18(21)16-11-9-15-8-7-13-5-3-6-14-10-12-17(16)20(15)19(13)14;/h2-3,5-12,18H,1,4,21H2;1H/t18-;/m1./s1. The molecule has 2 N–H and O–H groups in total. The third-order valence-electron chi connectivity index (χ3n) is 4.38. The molecule has 0 unspecified atom stereocenters. The molecule has 0 saturated heterocycles. The van der Waals surface area contributed by atoms with Crippen LogP contribution in [0.1, 0.15) is 18.0 Å². The summed E-state index contributed by atoms with van der Waals surface area (Å²) in [7, 11) is 0. The predicted molar refractivity (Wildman–Crippen MR) is 99.1 cm³/mol. The molecule has 110 valence electrons. The topological polar surface area (TPSA) is 26.0 Å². The van der Waals surface area contributed by atoms with Crippen molar-refractivity contribution in [3.8, 4) is 0 Å². The Hall–Kier alpha value is -2.09. The average Bonchev–Trinajstić information content (AvgIpc) is 2.52.